The topological polar surface area (TPSA) is 202 Å². The highest BCUT2D eigenvalue weighted by Gasteiger charge is 2.66. The van der Waals surface area contributed by atoms with Crippen molar-refractivity contribution in [2.45, 2.75) is 104 Å². The molecule has 4 bridgehead atoms. The Bertz CT molecular complexity index is 1970. The highest BCUT2D eigenvalue weighted by Crippen LogP contribution is 2.64. The first-order valence-corrected chi connectivity index (χ1v) is 18.9. The van der Waals surface area contributed by atoms with E-state index in [2.05, 4.69) is 36.0 Å². The number of carbonyl (C=O) groups is 1. The number of aliphatic hydroxyl groups is 4. The molecular formula is C40H46N2O12. The number of aliphatic hydroxyl groups excluding tert-OH is 4. The molecule has 0 amide bonds. The molecule has 288 valence electrons. The Labute approximate surface area is 311 Å². The van der Waals surface area contributed by atoms with E-state index < -0.39 is 60.4 Å². The normalized spacial score (nSPS) is 44.3. The van der Waals surface area contributed by atoms with Crippen molar-refractivity contribution in [1.82, 2.24) is 9.80 Å². The molecule has 2 unspecified atom stereocenters. The fourth-order valence-electron chi connectivity index (χ4n) is 11.9. The van der Waals surface area contributed by atoms with Gasteiger partial charge in [-0.1, -0.05) is 36.4 Å². The van der Waals surface area contributed by atoms with E-state index in [0.717, 1.165) is 49.9 Å². The summed E-state index contributed by atoms with van der Waals surface area (Å²) in [5.41, 5.74) is 3.98. The number of likely N-dealkylation sites (N-methyl/N-ethyl adjacent to an activating group) is 2. The third-order valence-corrected chi connectivity index (χ3v) is 14.4. The molecule has 2 aromatic rings. The molecule has 5 aliphatic heterocycles. The van der Waals surface area contributed by atoms with E-state index in [1.807, 2.05) is 24.3 Å². The van der Waals surface area contributed by atoms with Gasteiger partial charge in [-0.15, -0.1) is 0 Å². The average Bonchev–Trinajstić information content (AvgIpc) is 3.70. The zero-order valence-electron chi connectivity index (χ0n) is 29.9. The first-order valence-electron chi connectivity index (χ1n) is 18.9. The van der Waals surface area contributed by atoms with Gasteiger partial charge in [0.15, 0.2) is 35.4 Å². The number of benzene rings is 2. The van der Waals surface area contributed by atoms with Gasteiger partial charge in [-0.2, -0.15) is 0 Å². The molecule has 3 saturated heterocycles. The van der Waals surface area contributed by atoms with Crippen molar-refractivity contribution in [2.75, 3.05) is 27.2 Å². The zero-order valence-corrected chi connectivity index (χ0v) is 29.9. The Hall–Kier alpha value is -3.73. The van der Waals surface area contributed by atoms with Gasteiger partial charge in [0.25, 0.3) is 0 Å². The number of hydrogen-bond donors (Lipinski definition) is 7. The van der Waals surface area contributed by atoms with Crippen LogP contribution >= 0.6 is 0 Å². The summed E-state index contributed by atoms with van der Waals surface area (Å²) in [6.07, 6.45) is 1.02. The Morgan fingerprint density at radius 2 is 1.28 bits per heavy atom. The highest BCUT2D eigenvalue weighted by molar-refractivity contribution is 5.73. The number of aromatic hydroxyl groups is 2. The molecule has 7 N–H and O–H groups in total. The quantitative estimate of drug-likeness (QED) is 0.212. The first-order chi connectivity index (χ1) is 25.9. The minimum absolute atomic E-state index is 0.0610. The Morgan fingerprint density at radius 1 is 0.741 bits per heavy atom. The average molecular weight is 747 g/mol. The molecule has 0 aromatic heterocycles. The maximum atomic E-state index is 11.5. The van der Waals surface area contributed by atoms with Crippen LogP contribution in [0.15, 0.2) is 48.6 Å². The van der Waals surface area contributed by atoms with Crippen molar-refractivity contribution in [2.24, 2.45) is 11.8 Å². The molecule has 9 aliphatic rings. The molecule has 14 heteroatoms. The standard InChI is InChI=1S/C23H27NO9.C17H19NO3/c1-24-7-6-23-10-3-5-13(31-22-17(28)15(26)16(27)19(33-22)21(29)30)20(23)32-18-12(25)4-2-9(14(18)23)8-11(10)24;1-18-7-6-17-10-3-5-13(20)16(17)21-15-12(19)4-2-9(14(15)17)8-11(10)18/h2-5,10-11,13,15-17,19-20,22,25-28H,6-8H2,1H3,(H,29,30);2-5,10-11,13,16,19-20H,6-8H2,1H3/t10?,11-,13+,15+,16+,17-,19+,20+,22-,23+;10?,11-,13+,16+,17+/m11/s1. The number of nitrogens with zero attached hydrogens (tertiary/aromatic N) is 2. The molecule has 2 aromatic carbocycles. The summed E-state index contributed by atoms with van der Waals surface area (Å²) in [5.74, 6) is 0.365. The van der Waals surface area contributed by atoms with Crippen LogP contribution in [0.1, 0.15) is 35.1 Å². The monoisotopic (exact) mass is 746 g/mol. The number of aliphatic carboxylic acids is 1. The van der Waals surface area contributed by atoms with Crippen molar-refractivity contribution in [3.05, 3.63) is 70.8 Å². The van der Waals surface area contributed by atoms with Crippen LogP contribution in [0, 0.1) is 11.8 Å². The predicted octanol–water partition coefficient (Wildman–Crippen LogP) is 0.313. The van der Waals surface area contributed by atoms with Crippen LogP contribution < -0.4 is 9.47 Å². The van der Waals surface area contributed by atoms with Crippen LogP contribution in [0.5, 0.6) is 23.0 Å². The number of phenolic OH excluding ortho intramolecular Hbond substituents is 2. The van der Waals surface area contributed by atoms with E-state index >= 15 is 0 Å². The largest absolute Gasteiger partial charge is 0.504 e. The maximum absolute atomic E-state index is 11.5. The van der Waals surface area contributed by atoms with Crippen LogP contribution in [0.3, 0.4) is 0 Å². The second-order valence-electron chi connectivity index (χ2n) is 16.7. The molecule has 2 spiro atoms. The van der Waals surface area contributed by atoms with Gasteiger partial charge in [-0.05, 0) is 76.1 Å². The first kappa shape index (κ1) is 34.7. The van der Waals surface area contributed by atoms with Crippen molar-refractivity contribution in [3.8, 4) is 23.0 Å². The van der Waals surface area contributed by atoms with Crippen LogP contribution in [-0.2, 0) is 37.9 Å². The van der Waals surface area contributed by atoms with Gasteiger partial charge in [0.05, 0.1) is 0 Å². The van der Waals surface area contributed by atoms with E-state index in [9.17, 15) is 40.5 Å². The lowest BCUT2D eigenvalue weighted by Crippen LogP contribution is -2.66. The summed E-state index contributed by atoms with van der Waals surface area (Å²) < 4.78 is 23.8. The van der Waals surface area contributed by atoms with E-state index in [-0.39, 0.29) is 35.0 Å². The number of ether oxygens (including phenoxy) is 4. The van der Waals surface area contributed by atoms with Gasteiger partial charge in [-0.25, -0.2) is 4.79 Å². The van der Waals surface area contributed by atoms with Gasteiger partial charge in [-0.3, -0.25) is 0 Å². The smallest absolute Gasteiger partial charge is 0.335 e. The predicted molar refractivity (Wildman–Crippen MR) is 188 cm³/mol. The summed E-state index contributed by atoms with van der Waals surface area (Å²) in [6, 6.07) is 8.07. The fraction of sp³-hybridized carbons (Fsp3) is 0.575. The molecule has 0 radical (unpaired) electrons. The van der Waals surface area contributed by atoms with Gasteiger partial charge < -0.3 is 64.5 Å². The molecule has 14 nitrogen and oxygen atoms in total. The lowest BCUT2D eigenvalue weighted by Gasteiger charge is -2.57. The number of phenols is 2. The van der Waals surface area contributed by atoms with Gasteiger partial charge in [0.2, 0.25) is 0 Å². The SMILES string of the molecule is CN1CC[C@]23c4c5ccc(O)c4O[C@H]2[C@@H](O)C=CC3[C@H]1C5.CN1CC[C@]23c4c5ccc(O)c4O[C@H]2[C@@H](O[C@@H]2O[C@H](C(=O)O)[C@@H](O)[C@H](O)[C@H]2O)C=CC3[C@H]1C5. The van der Waals surface area contributed by atoms with E-state index in [1.165, 1.54) is 11.1 Å². The molecule has 5 heterocycles. The lowest BCUT2D eigenvalue weighted by atomic mass is 9.53. The molecule has 11 rings (SSSR count). The van der Waals surface area contributed by atoms with Gasteiger partial charge in [0, 0.05) is 45.9 Å². The third kappa shape index (κ3) is 4.42. The minimum Gasteiger partial charge on any atom is -0.504 e. The molecule has 3 fully saturated rings. The molecule has 4 aliphatic carbocycles. The minimum atomic E-state index is -1.79. The highest BCUT2D eigenvalue weighted by atomic mass is 16.7. The van der Waals surface area contributed by atoms with Crippen LogP contribution in [-0.4, -0.2) is 146 Å². The summed E-state index contributed by atoms with van der Waals surface area (Å²) in [6.45, 7) is 1.85. The second kappa shape index (κ2) is 11.9. The number of piperidine rings is 2. The van der Waals surface area contributed by atoms with Crippen molar-refractivity contribution in [3.63, 3.8) is 0 Å². The summed E-state index contributed by atoms with van der Waals surface area (Å²) in [7, 11) is 4.30. The number of rotatable bonds is 3. The lowest BCUT2D eigenvalue weighted by molar-refractivity contribution is -0.307. The van der Waals surface area contributed by atoms with E-state index in [0.29, 0.717) is 23.5 Å². The summed E-state index contributed by atoms with van der Waals surface area (Å²) in [4.78, 5) is 16.3. The van der Waals surface area contributed by atoms with E-state index in [1.54, 1.807) is 12.1 Å². The number of carboxylic acids is 1. The Balaban J connectivity index is 0.000000147. The van der Waals surface area contributed by atoms with Crippen molar-refractivity contribution < 1.29 is 59.5 Å². The van der Waals surface area contributed by atoms with Crippen molar-refractivity contribution in [1.29, 1.82) is 0 Å². The Morgan fingerprint density at radius 3 is 1.85 bits per heavy atom. The van der Waals surface area contributed by atoms with Crippen LogP contribution in [0.25, 0.3) is 0 Å². The third-order valence-electron chi connectivity index (χ3n) is 14.4. The number of likely N-dealkylation sites (tertiary alicyclic amines) is 2. The molecular weight excluding hydrogens is 700 g/mol. The Kier molecular flexibility index (Phi) is 7.65. The van der Waals surface area contributed by atoms with Crippen LogP contribution in [0.4, 0.5) is 0 Å². The summed E-state index contributed by atoms with van der Waals surface area (Å²) in [5, 5.41) is 71.2. The van der Waals surface area contributed by atoms with Gasteiger partial charge in [0.1, 0.15) is 42.7 Å². The fourth-order valence-corrected chi connectivity index (χ4v) is 11.9. The van der Waals surface area contributed by atoms with Crippen molar-refractivity contribution >= 4 is 5.97 Å². The van der Waals surface area contributed by atoms with Crippen LogP contribution in [0.2, 0.25) is 0 Å². The maximum Gasteiger partial charge on any atom is 0.335 e. The van der Waals surface area contributed by atoms with E-state index in [4.69, 9.17) is 18.9 Å². The molecule has 0 saturated carbocycles. The molecule has 54 heavy (non-hydrogen) atoms. The molecule has 15 atom stereocenters. The number of carboxylic acid groups (broad SMARTS) is 1. The summed E-state index contributed by atoms with van der Waals surface area (Å²) >= 11 is 0. The zero-order chi connectivity index (χ0) is 37.6. The van der Waals surface area contributed by atoms with Gasteiger partial charge >= 0.3 is 5.97 Å². The number of hydrogen-bond acceptors (Lipinski definition) is 13. The second-order valence-corrected chi connectivity index (χ2v) is 16.7.